The van der Waals surface area contributed by atoms with Crippen LogP contribution in [0.15, 0.2) is 58.6 Å². The van der Waals surface area contributed by atoms with E-state index in [1.54, 1.807) is 18.6 Å². The second-order valence-corrected chi connectivity index (χ2v) is 5.08. The van der Waals surface area contributed by atoms with Crippen LogP contribution in [0.25, 0.3) is 11.5 Å². The van der Waals surface area contributed by atoms with Gasteiger partial charge in [-0.05, 0) is 30.7 Å². The van der Waals surface area contributed by atoms with Gasteiger partial charge in [-0.1, -0.05) is 17.8 Å². The van der Waals surface area contributed by atoms with Crippen LogP contribution in [-0.2, 0) is 6.42 Å². The zero-order valence-corrected chi connectivity index (χ0v) is 11.5. The van der Waals surface area contributed by atoms with Gasteiger partial charge in [-0.2, -0.15) is 0 Å². The first-order chi connectivity index (χ1) is 9.92. The Bertz CT molecular complexity index is 657. The summed E-state index contributed by atoms with van der Waals surface area (Å²) in [4.78, 5) is 8.30. The van der Waals surface area contributed by atoms with E-state index >= 15 is 0 Å². The molecule has 0 saturated heterocycles. The highest BCUT2D eigenvalue weighted by Gasteiger charge is 2.08. The van der Waals surface area contributed by atoms with Gasteiger partial charge in [0.1, 0.15) is 0 Å². The number of aryl methyl sites for hydroxylation is 1. The van der Waals surface area contributed by atoms with Gasteiger partial charge in [0, 0.05) is 30.0 Å². The Labute approximate surface area is 120 Å². The van der Waals surface area contributed by atoms with Gasteiger partial charge >= 0.3 is 0 Å². The lowest BCUT2D eigenvalue weighted by atomic mass is 10.3. The maximum absolute atomic E-state index is 5.59. The summed E-state index contributed by atoms with van der Waals surface area (Å²) in [6.45, 7) is 0. The fourth-order valence-corrected chi connectivity index (χ4v) is 2.39. The Morgan fingerprint density at radius 1 is 1.05 bits per heavy atom. The maximum atomic E-state index is 5.59. The quantitative estimate of drug-likeness (QED) is 0.671. The summed E-state index contributed by atoms with van der Waals surface area (Å²) >= 11 is 1.53. The minimum Gasteiger partial charge on any atom is -0.411 e. The van der Waals surface area contributed by atoms with Crippen molar-refractivity contribution in [3.8, 4) is 11.5 Å². The summed E-state index contributed by atoms with van der Waals surface area (Å²) in [5, 5.41) is 8.61. The highest BCUT2D eigenvalue weighted by molar-refractivity contribution is 7.99. The average Bonchev–Trinajstić information content (AvgIpc) is 2.98. The number of pyridine rings is 2. The van der Waals surface area contributed by atoms with Crippen LogP contribution >= 0.6 is 11.8 Å². The summed E-state index contributed by atoms with van der Waals surface area (Å²) in [7, 11) is 0. The predicted octanol–water partition coefficient (Wildman–Crippen LogP) is 2.86. The summed E-state index contributed by atoms with van der Waals surface area (Å²) in [5.41, 5.74) is 1.89. The number of aromatic nitrogens is 4. The van der Waals surface area contributed by atoms with E-state index in [2.05, 4.69) is 20.2 Å². The second-order valence-electron chi connectivity index (χ2n) is 4.03. The molecule has 0 amide bonds. The molecule has 0 atom stereocenters. The number of hydrogen-bond donors (Lipinski definition) is 0. The first-order valence-electron chi connectivity index (χ1n) is 6.18. The molecule has 0 aromatic carbocycles. The third-order valence-corrected chi connectivity index (χ3v) is 3.45. The molecule has 20 heavy (non-hydrogen) atoms. The minimum absolute atomic E-state index is 0.499. The summed E-state index contributed by atoms with van der Waals surface area (Å²) in [6.07, 6.45) is 6.08. The van der Waals surface area contributed by atoms with E-state index in [1.807, 2.05) is 30.3 Å². The smallest absolute Gasteiger partial charge is 0.276 e. The molecule has 0 aliphatic carbocycles. The summed E-state index contributed by atoms with van der Waals surface area (Å²) in [5.74, 6) is 1.35. The van der Waals surface area contributed by atoms with Crippen molar-refractivity contribution in [1.82, 2.24) is 20.2 Å². The van der Waals surface area contributed by atoms with Crippen molar-refractivity contribution < 1.29 is 4.42 Å². The van der Waals surface area contributed by atoms with E-state index in [1.165, 1.54) is 11.8 Å². The van der Waals surface area contributed by atoms with Gasteiger partial charge in [0.2, 0.25) is 5.89 Å². The molecule has 3 rings (SSSR count). The van der Waals surface area contributed by atoms with Crippen LogP contribution in [0.5, 0.6) is 0 Å². The molecule has 0 radical (unpaired) electrons. The van der Waals surface area contributed by atoms with Crippen LogP contribution < -0.4 is 0 Å². The highest BCUT2D eigenvalue weighted by atomic mass is 32.2. The molecule has 0 fully saturated rings. The molecule has 0 spiro atoms. The van der Waals surface area contributed by atoms with Crippen LogP contribution in [0, 0.1) is 0 Å². The number of hydrogen-bond acceptors (Lipinski definition) is 6. The Morgan fingerprint density at radius 3 is 2.85 bits per heavy atom. The van der Waals surface area contributed by atoms with Gasteiger partial charge < -0.3 is 4.42 Å². The minimum atomic E-state index is 0.499. The van der Waals surface area contributed by atoms with Crippen molar-refractivity contribution in [1.29, 1.82) is 0 Å². The van der Waals surface area contributed by atoms with Crippen molar-refractivity contribution in [2.45, 2.75) is 11.6 Å². The first-order valence-corrected chi connectivity index (χ1v) is 7.17. The summed E-state index contributed by atoms with van der Waals surface area (Å²) in [6, 6.07) is 9.64. The van der Waals surface area contributed by atoms with Gasteiger partial charge in [-0.15, -0.1) is 10.2 Å². The predicted molar refractivity (Wildman–Crippen MR) is 76.2 cm³/mol. The third kappa shape index (κ3) is 3.21. The Balaban J connectivity index is 1.58. The molecule has 3 aromatic heterocycles. The van der Waals surface area contributed by atoms with E-state index in [-0.39, 0.29) is 0 Å². The summed E-state index contributed by atoms with van der Waals surface area (Å²) < 4.78 is 5.59. The first kappa shape index (κ1) is 12.8. The van der Waals surface area contributed by atoms with Crippen molar-refractivity contribution in [3.05, 3.63) is 54.6 Å². The zero-order chi connectivity index (χ0) is 13.6. The molecule has 3 heterocycles. The Kier molecular flexibility index (Phi) is 4.03. The molecule has 3 aromatic rings. The lowest BCUT2D eigenvalue weighted by Crippen LogP contribution is -1.91. The van der Waals surface area contributed by atoms with Crippen molar-refractivity contribution >= 4 is 11.8 Å². The molecule has 0 aliphatic heterocycles. The van der Waals surface area contributed by atoms with Gasteiger partial charge in [0.15, 0.2) is 0 Å². The van der Waals surface area contributed by atoms with E-state index in [0.717, 1.165) is 23.4 Å². The van der Waals surface area contributed by atoms with Crippen LogP contribution in [0.1, 0.15) is 5.69 Å². The lowest BCUT2D eigenvalue weighted by Gasteiger charge is -1.97. The normalized spacial score (nSPS) is 10.6. The molecule has 0 aliphatic rings. The molecule has 0 unspecified atom stereocenters. The fraction of sp³-hybridized carbons (Fsp3) is 0.143. The SMILES string of the molecule is c1ccc(CCSc2nnc(-c3cccnc3)o2)nc1. The number of nitrogens with zero attached hydrogens (tertiary/aromatic N) is 4. The molecule has 0 saturated carbocycles. The second kappa shape index (κ2) is 6.29. The van der Waals surface area contributed by atoms with Crippen LogP contribution in [0.3, 0.4) is 0 Å². The van der Waals surface area contributed by atoms with Crippen LogP contribution in [0.2, 0.25) is 0 Å². The van der Waals surface area contributed by atoms with E-state index in [4.69, 9.17) is 4.42 Å². The molecule has 100 valence electrons. The van der Waals surface area contributed by atoms with Crippen molar-refractivity contribution in [2.75, 3.05) is 5.75 Å². The molecule has 6 heteroatoms. The Hall–Kier alpha value is -2.21. The number of rotatable bonds is 5. The van der Waals surface area contributed by atoms with Crippen molar-refractivity contribution in [2.24, 2.45) is 0 Å². The zero-order valence-electron chi connectivity index (χ0n) is 10.6. The Morgan fingerprint density at radius 2 is 2.05 bits per heavy atom. The molecular formula is C14H12N4OS. The van der Waals surface area contributed by atoms with E-state index < -0.39 is 0 Å². The van der Waals surface area contributed by atoms with Gasteiger partial charge in [0.05, 0.1) is 5.56 Å². The van der Waals surface area contributed by atoms with E-state index in [9.17, 15) is 0 Å². The standard InChI is InChI=1S/C14H12N4OS/c1-2-8-16-12(5-1)6-9-20-14-18-17-13(19-14)11-4-3-7-15-10-11/h1-5,7-8,10H,6,9H2. The topological polar surface area (TPSA) is 64.7 Å². The molecular weight excluding hydrogens is 272 g/mol. The largest absolute Gasteiger partial charge is 0.411 e. The van der Waals surface area contributed by atoms with Gasteiger partial charge in [-0.25, -0.2) is 0 Å². The molecule has 0 bridgehead atoms. The highest BCUT2D eigenvalue weighted by Crippen LogP contribution is 2.22. The monoisotopic (exact) mass is 284 g/mol. The number of thioether (sulfide) groups is 1. The molecule has 0 N–H and O–H groups in total. The average molecular weight is 284 g/mol. The van der Waals surface area contributed by atoms with Crippen LogP contribution in [-0.4, -0.2) is 25.9 Å². The van der Waals surface area contributed by atoms with Gasteiger partial charge in [-0.3, -0.25) is 9.97 Å². The lowest BCUT2D eigenvalue weighted by molar-refractivity contribution is 0.466. The molecule has 5 nitrogen and oxygen atoms in total. The van der Waals surface area contributed by atoms with Crippen LogP contribution in [0.4, 0.5) is 0 Å². The van der Waals surface area contributed by atoms with E-state index in [0.29, 0.717) is 11.1 Å². The van der Waals surface area contributed by atoms with Crippen molar-refractivity contribution in [3.63, 3.8) is 0 Å². The maximum Gasteiger partial charge on any atom is 0.276 e. The van der Waals surface area contributed by atoms with Gasteiger partial charge in [0.25, 0.3) is 5.22 Å². The fourth-order valence-electron chi connectivity index (χ4n) is 1.66. The third-order valence-electron chi connectivity index (χ3n) is 2.62.